The van der Waals surface area contributed by atoms with Crippen LogP contribution in [-0.4, -0.2) is 11.4 Å². The molecule has 2 aromatic rings. The fraction of sp³-hybridized carbons (Fsp3) is 0.250. The molecule has 0 aliphatic rings. The van der Waals surface area contributed by atoms with Crippen LogP contribution in [0.3, 0.4) is 0 Å². The molecule has 0 bridgehead atoms. The standard InChI is InChI=1S/C16H18ClFN2/c1-2-20(11-13-5-3-4-6-16(13)19)10-12-7-8-14(18)9-15(12)17/h3-9H,2,10-11,19H2,1H3. The van der Waals surface area contributed by atoms with Gasteiger partial charge in [-0.2, -0.15) is 0 Å². The first-order valence-electron chi connectivity index (χ1n) is 6.59. The van der Waals surface area contributed by atoms with Gasteiger partial charge in [0.1, 0.15) is 5.82 Å². The van der Waals surface area contributed by atoms with E-state index >= 15 is 0 Å². The summed E-state index contributed by atoms with van der Waals surface area (Å²) in [6.45, 7) is 4.36. The highest BCUT2D eigenvalue weighted by Gasteiger charge is 2.09. The molecule has 0 amide bonds. The second-order valence-electron chi connectivity index (χ2n) is 4.74. The molecule has 0 atom stereocenters. The average Bonchev–Trinajstić information content (AvgIpc) is 2.43. The monoisotopic (exact) mass is 292 g/mol. The van der Waals surface area contributed by atoms with E-state index in [0.29, 0.717) is 11.6 Å². The number of halogens is 2. The molecule has 0 aromatic heterocycles. The van der Waals surface area contributed by atoms with Gasteiger partial charge in [0.15, 0.2) is 0 Å². The summed E-state index contributed by atoms with van der Waals surface area (Å²) in [5, 5.41) is 0.462. The van der Waals surface area contributed by atoms with E-state index in [4.69, 9.17) is 17.3 Å². The Bertz CT molecular complexity index is 586. The van der Waals surface area contributed by atoms with Crippen molar-refractivity contribution in [3.63, 3.8) is 0 Å². The molecule has 0 saturated heterocycles. The van der Waals surface area contributed by atoms with Crippen LogP contribution in [0.15, 0.2) is 42.5 Å². The Labute approximate surface area is 124 Å². The third-order valence-corrected chi connectivity index (χ3v) is 3.66. The number of nitrogens with two attached hydrogens (primary N) is 1. The molecule has 0 fully saturated rings. The van der Waals surface area contributed by atoms with E-state index in [1.807, 2.05) is 24.3 Å². The van der Waals surface area contributed by atoms with E-state index < -0.39 is 0 Å². The van der Waals surface area contributed by atoms with Gasteiger partial charge in [-0.15, -0.1) is 0 Å². The van der Waals surface area contributed by atoms with Crippen LogP contribution >= 0.6 is 11.6 Å². The zero-order chi connectivity index (χ0) is 14.5. The smallest absolute Gasteiger partial charge is 0.124 e. The Morgan fingerprint density at radius 1 is 1.10 bits per heavy atom. The molecule has 0 aliphatic carbocycles. The van der Waals surface area contributed by atoms with E-state index in [-0.39, 0.29) is 5.82 Å². The molecular weight excluding hydrogens is 275 g/mol. The Morgan fingerprint density at radius 3 is 2.45 bits per heavy atom. The Kier molecular flexibility index (Phi) is 4.99. The van der Waals surface area contributed by atoms with Crippen molar-refractivity contribution >= 4 is 17.3 Å². The van der Waals surface area contributed by atoms with Gasteiger partial charge in [-0.3, -0.25) is 4.90 Å². The van der Waals surface area contributed by atoms with Crippen molar-refractivity contribution in [1.82, 2.24) is 4.90 Å². The Morgan fingerprint density at radius 2 is 1.80 bits per heavy atom. The molecule has 0 unspecified atom stereocenters. The van der Waals surface area contributed by atoms with Gasteiger partial charge in [0.05, 0.1) is 0 Å². The summed E-state index contributed by atoms with van der Waals surface area (Å²) in [7, 11) is 0. The lowest BCUT2D eigenvalue weighted by molar-refractivity contribution is 0.272. The molecular formula is C16H18ClFN2. The summed E-state index contributed by atoms with van der Waals surface area (Å²) in [6, 6.07) is 12.3. The van der Waals surface area contributed by atoms with Crippen LogP contribution in [0.2, 0.25) is 5.02 Å². The number of nitrogens with zero attached hydrogens (tertiary/aromatic N) is 1. The van der Waals surface area contributed by atoms with Crippen LogP contribution in [0.4, 0.5) is 10.1 Å². The summed E-state index contributed by atoms with van der Waals surface area (Å²) in [5.74, 6) is -0.311. The largest absolute Gasteiger partial charge is 0.398 e. The highest BCUT2D eigenvalue weighted by Crippen LogP contribution is 2.21. The summed E-state index contributed by atoms with van der Waals surface area (Å²) in [6.07, 6.45) is 0. The molecule has 4 heteroatoms. The summed E-state index contributed by atoms with van der Waals surface area (Å²) >= 11 is 6.07. The molecule has 2 nitrogen and oxygen atoms in total. The normalized spacial score (nSPS) is 11.0. The van der Waals surface area contributed by atoms with Crippen molar-refractivity contribution in [3.8, 4) is 0 Å². The van der Waals surface area contributed by atoms with E-state index in [9.17, 15) is 4.39 Å². The minimum atomic E-state index is -0.311. The van der Waals surface area contributed by atoms with Crippen molar-refractivity contribution in [2.75, 3.05) is 12.3 Å². The van der Waals surface area contributed by atoms with Crippen LogP contribution in [0.25, 0.3) is 0 Å². The van der Waals surface area contributed by atoms with E-state index in [2.05, 4.69) is 11.8 Å². The highest BCUT2D eigenvalue weighted by molar-refractivity contribution is 6.31. The molecule has 2 rings (SSSR count). The molecule has 0 spiro atoms. The maximum atomic E-state index is 13.1. The van der Waals surface area contributed by atoms with Crippen LogP contribution in [0.5, 0.6) is 0 Å². The molecule has 2 aromatic carbocycles. The average molecular weight is 293 g/mol. The van der Waals surface area contributed by atoms with E-state index in [1.165, 1.54) is 12.1 Å². The number of benzene rings is 2. The van der Waals surface area contributed by atoms with Gasteiger partial charge in [0.25, 0.3) is 0 Å². The van der Waals surface area contributed by atoms with Crippen LogP contribution < -0.4 is 5.73 Å². The van der Waals surface area contributed by atoms with Gasteiger partial charge in [0.2, 0.25) is 0 Å². The topological polar surface area (TPSA) is 29.3 Å². The maximum Gasteiger partial charge on any atom is 0.124 e. The Hall–Kier alpha value is -1.58. The summed E-state index contributed by atoms with van der Waals surface area (Å²) in [5.41, 5.74) is 8.76. The lowest BCUT2D eigenvalue weighted by Gasteiger charge is -2.22. The second-order valence-corrected chi connectivity index (χ2v) is 5.15. The van der Waals surface area contributed by atoms with Crippen LogP contribution in [0.1, 0.15) is 18.1 Å². The first kappa shape index (κ1) is 14.8. The molecule has 0 heterocycles. The van der Waals surface area contributed by atoms with Crippen molar-refractivity contribution in [1.29, 1.82) is 0 Å². The number of nitrogen functional groups attached to an aromatic ring is 1. The van der Waals surface area contributed by atoms with Crippen LogP contribution in [-0.2, 0) is 13.1 Å². The lowest BCUT2D eigenvalue weighted by Crippen LogP contribution is -2.23. The van der Waals surface area contributed by atoms with Crippen molar-refractivity contribution in [3.05, 3.63) is 64.4 Å². The molecule has 0 radical (unpaired) electrons. The molecule has 2 N–H and O–H groups in total. The number of hydrogen-bond acceptors (Lipinski definition) is 2. The zero-order valence-corrected chi connectivity index (χ0v) is 12.2. The van der Waals surface area contributed by atoms with E-state index in [0.717, 1.165) is 29.9 Å². The number of para-hydroxylation sites is 1. The molecule has 0 saturated carbocycles. The van der Waals surface area contributed by atoms with Gasteiger partial charge >= 0.3 is 0 Å². The van der Waals surface area contributed by atoms with Gasteiger partial charge < -0.3 is 5.73 Å². The number of hydrogen-bond donors (Lipinski definition) is 1. The minimum Gasteiger partial charge on any atom is -0.398 e. The number of anilines is 1. The maximum absolute atomic E-state index is 13.1. The second kappa shape index (κ2) is 6.73. The first-order valence-corrected chi connectivity index (χ1v) is 6.97. The third kappa shape index (κ3) is 3.71. The lowest BCUT2D eigenvalue weighted by atomic mass is 10.1. The quantitative estimate of drug-likeness (QED) is 0.841. The fourth-order valence-corrected chi connectivity index (χ4v) is 2.32. The summed E-state index contributed by atoms with van der Waals surface area (Å²) in [4.78, 5) is 2.21. The van der Waals surface area contributed by atoms with Gasteiger partial charge in [-0.1, -0.05) is 42.8 Å². The van der Waals surface area contributed by atoms with Gasteiger partial charge in [-0.25, -0.2) is 4.39 Å². The SMILES string of the molecule is CCN(Cc1ccccc1N)Cc1ccc(F)cc1Cl. The van der Waals surface area contributed by atoms with Gasteiger partial charge in [-0.05, 0) is 35.9 Å². The highest BCUT2D eigenvalue weighted by atomic mass is 35.5. The van der Waals surface area contributed by atoms with Crippen LogP contribution in [0, 0.1) is 5.82 Å². The molecule has 106 valence electrons. The predicted octanol–water partition coefficient (Wildman–Crippen LogP) is 4.08. The van der Waals surface area contributed by atoms with Crippen molar-refractivity contribution in [2.45, 2.75) is 20.0 Å². The first-order chi connectivity index (χ1) is 9.60. The van der Waals surface area contributed by atoms with Crippen molar-refractivity contribution < 1.29 is 4.39 Å². The van der Waals surface area contributed by atoms with Crippen molar-refractivity contribution in [2.24, 2.45) is 0 Å². The zero-order valence-electron chi connectivity index (χ0n) is 11.4. The molecule has 0 aliphatic heterocycles. The minimum absolute atomic E-state index is 0.311. The third-order valence-electron chi connectivity index (χ3n) is 3.31. The number of rotatable bonds is 5. The van der Waals surface area contributed by atoms with E-state index in [1.54, 1.807) is 6.07 Å². The molecule has 20 heavy (non-hydrogen) atoms. The summed E-state index contributed by atoms with van der Waals surface area (Å²) < 4.78 is 13.1. The van der Waals surface area contributed by atoms with Gasteiger partial charge in [0, 0.05) is 23.8 Å². The Balaban J connectivity index is 2.11. The predicted molar refractivity (Wildman–Crippen MR) is 82.1 cm³/mol. The fourth-order valence-electron chi connectivity index (χ4n) is 2.09.